The van der Waals surface area contributed by atoms with Crippen molar-refractivity contribution in [2.24, 2.45) is 44.3 Å². The molecule has 0 bridgehead atoms. The van der Waals surface area contributed by atoms with Crippen LogP contribution in [0.2, 0.25) is 0 Å². The Bertz CT molecular complexity index is 2150. The van der Waals surface area contributed by atoms with Crippen LogP contribution in [0.3, 0.4) is 0 Å². The van der Waals surface area contributed by atoms with Gasteiger partial charge in [0, 0.05) is 0 Å². The van der Waals surface area contributed by atoms with Crippen LogP contribution in [-0.2, 0) is 42.7 Å². The molecular weight excluding hydrogens is 1000 g/mol. The maximum absolute atomic E-state index is 15.1. The van der Waals surface area contributed by atoms with Crippen molar-refractivity contribution < 1.29 is 109 Å². The van der Waals surface area contributed by atoms with E-state index < -0.39 is 159 Å². The zero-order valence-corrected chi connectivity index (χ0v) is 44.9. The van der Waals surface area contributed by atoms with E-state index in [0.29, 0.717) is 38.5 Å². The van der Waals surface area contributed by atoms with Crippen LogP contribution >= 0.6 is 0 Å². The molecule has 13 N–H and O–H groups in total. The summed E-state index contributed by atoms with van der Waals surface area (Å²) in [6.45, 7) is 15.2. The molecule has 434 valence electrons. The summed E-state index contributed by atoms with van der Waals surface area (Å²) < 4.78 is 47.2. The lowest BCUT2D eigenvalue weighted by molar-refractivity contribution is -0.361. The van der Waals surface area contributed by atoms with Crippen molar-refractivity contribution in [3.63, 3.8) is 0 Å². The molecule has 22 heteroatoms. The van der Waals surface area contributed by atoms with E-state index in [9.17, 15) is 66.4 Å². The van der Waals surface area contributed by atoms with Crippen molar-refractivity contribution in [2.45, 2.75) is 242 Å². The smallest absolute Gasteiger partial charge is 0.315 e. The van der Waals surface area contributed by atoms with Crippen LogP contribution in [0.15, 0.2) is 23.3 Å². The highest BCUT2D eigenvalue weighted by molar-refractivity contribution is 5.79. The summed E-state index contributed by atoms with van der Waals surface area (Å²) in [7, 11) is 0. The summed E-state index contributed by atoms with van der Waals surface area (Å²) in [5, 5.41) is 139. The Hall–Kier alpha value is -1.85. The third-order valence-corrected chi connectivity index (χ3v) is 20.8. The maximum Gasteiger partial charge on any atom is 0.315 e. The number of hydrogen-bond acceptors (Lipinski definition) is 22. The van der Waals surface area contributed by atoms with Gasteiger partial charge in [-0.25, -0.2) is 0 Å². The normalized spacial score (nSPS) is 52.9. The van der Waals surface area contributed by atoms with E-state index in [0.717, 1.165) is 24.8 Å². The second kappa shape index (κ2) is 21.2. The summed E-state index contributed by atoms with van der Waals surface area (Å²) in [5.41, 5.74) is -0.0547. The molecule has 9 rings (SSSR count). The molecule has 4 saturated heterocycles. The van der Waals surface area contributed by atoms with Gasteiger partial charge in [-0.15, -0.1) is 0 Å². The molecule has 0 spiro atoms. The van der Waals surface area contributed by atoms with Crippen molar-refractivity contribution in [3.05, 3.63) is 23.3 Å². The molecule has 9 aliphatic rings. The van der Waals surface area contributed by atoms with Gasteiger partial charge in [-0.3, -0.25) is 4.79 Å². The van der Waals surface area contributed by atoms with Crippen molar-refractivity contribution >= 4 is 5.97 Å². The fourth-order valence-electron chi connectivity index (χ4n) is 15.7. The zero-order valence-electron chi connectivity index (χ0n) is 44.9. The molecule has 0 unspecified atom stereocenters. The quantitative estimate of drug-likeness (QED) is 0.0864. The molecule has 4 heterocycles. The molecule has 76 heavy (non-hydrogen) atoms. The van der Waals surface area contributed by atoms with Gasteiger partial charge in [0.05, 0.1) is 37.4 Å². The Morgan fingerprint density at radius 2 is 1.13 bits per heavy atom. The van der Waals surface area contributed by atoms with Gasteiger partial charge in [-0.2, -0.15) is 0 Å². The molecule has 27 atom stereocenters. The molecule has 0 aromatic rings. The summed E-state index contributed by atoms with van der Waals surface area (Å²) in [5.74, 6) is -0.731. The summed E-state index contributed by atoms with van der Waals surface area (Å²) in [4.78, 5) is 15.1. The van der Waals surface area contributed by atoms with Crippen LogP contribution in [0.5, 0.6) is 0 Å². The van der Waals surface area contributed by atoms with Gasteiger partial charge in [-0.1, -0.05) is 71.8 Å². The molecule has 8 fully saturated rings. The third kappa shape index (κ3) is 9.49. The Labute approximate surface area is 443 Å². The molecule has 0 aromatic carbocycles. The fraction of sp³-hybridized carbons (Fsp3) is 0.907. The first-order chi connectivity index (χ1) is 35.5. The van der Waals surface area contributed by atoms with E-state index in [-0.39, 0.29) is 39.6 Å². The second-order valence-corrected chi connectivity index (χ2v) is 25.9. The highest BCUT2D eigenvalue weighted by Crippen LogP contribution is 2.75. The number of carbonyl (C=O) groups excluding carboxylic acids is 1. The van der Waals surface area contributed by atoms with E-state index in [1.165, 1.54) is 12.5 Å². The van der Waals surface area contributed by atoms with Crippen LogP contribution in [0.4, 0.5) is 0 Å². The number of carbonyl (C=O) groups is 1. The van der Waals surface area contributed by atoms with Crippen LogP contribution in [0.1, 0.15) is 113 Å². The second-order valence-electron chi connectivity index (χ2n) is 25.9. The van der Waals surface area contributed by atoms with Gasteiger partial charge >= 0.3 is 5.97 Å². The van der Waals surface area contributed by atoms with Gasteiger partial charge in [0.2, 0.25) is 6.29 Å². The number of allylic oxidation sites excluding steroid dienone is 4. The van der Waals surface area contributed by atoms with Crippen LogP contribution < -0.4 is 0 Å². The van der Waals surface area contributed by atoms with Gasteiger partial charge in [-0.05, 0) is 104 Å². The number of esters is 1. The number of aliphatic hydroxyl groups excluding tert-OH is 13. The summed E-state index contributed by atoms with van der Waals surface area (Å²) >= 11 is 0. The first-order valence-corrected chi connectivity index (χ1v) is 27.4. The maximum atomic E-state index is 15.1. The van der Waals surface area contributed by atoms with Gasteiger partial charge in [0.25, 0.3) is 0 Å². The van der Waals surface area contributed by atoms with Crippen LogP contribution in [-0.4, -0.2) is 221 Å². The summed E-state index contributed by atoms with van der Waals surface area (Å²) in [6.07, 6.45) is -21.2. The molecule has 22 nitrogen and oxygen atoms in total. The highest BCUT2D eigenvalue weighted by Gasteiger charge is 2.69. The lowest BCUT2D eigenvalue weighted by Crippen LogP contribution is -2.65. The molecule has 4 saturated carbocycles. The number of fused-ring (bicyclic) bond motifs is 7. The lowest BCUT2D eigenvalue weighted by Gasteiger charge is -2.68. The van der Waals surface area contributed by atoms with E-state index >= 15 is 4.79 Å². The third-order valence-electron chi connectivity index (χ3n) is 20.8. The van der Waals surface area contributed by atoms with Gasteiger partial charge in [0.1, 0.15) is 91.6 Å². The average molecular weight is 1090 g/mol. The van der Waals surface area contributed by atoms with Crippen LogP contribution in [0, 0.1) is 44.3 Å². The van der Waals surface area contributed by atoms with Crippen molar-refractivity contribution in [3.8, 4) is 0 Å². The molecule has 4 aliphatic heterocycles. The first-order valence-electron chi connectivity index (χ1n) is 27.4. The zero-order chi connectivity index (χ0) is 55.6. The minimum atomic E-state index is -1.88. The average Bonchev–Trinajstić information content (AvgIpc) is 3.55. The minimum absolute atomic E-state index is 0.143. The predicted molar refractivity (Wildman–Crippen MR) is 261 cm³/mol. The predicted octanol–water partition coefficient (Wildman–Crippen LogP) is -1.09. The SMILES string of the molecule is C[C@@H]1O[C@H](O[C@@H]2[C@@H](O)[C@H](O)[C@@H](OC[C@@H]3O[C@H](OC(=O)[C@@]45CCC(C)(C)C[C@H]4C4=CC=C6[C@@]7(C)CC[C@H](O[C@H]8O[C@@H](CO)[C@H](O)[C@@H](O)[C@@H]8O)C(C)(C)[C@@H]7CC[C@@]6(C)[C@@]4(C)CC5)[C@@H](O)[C@H](O)[C@H]3O)O[C@H]2CO)[C@@H](O)[C@H](O)[C@H]1O. The summed E-state index contributed by atoms with van der Waals surface area (Å²) in [6, 6.07) is 0. The highest BCUT2D eigenvalue weighted by atomic mass is 16.8. The minimum Gasteiger partial charge on any atom is -0.432 e. The van der Waals surface area contributed by atoms with Crippen molar-refractivity contribution in [1.29, 1.82) is 0 Å². The van der Waals surface area contributed by atoms with Crippen molar-refractivity contribution in [1.82, 2.24) is 0 Å². The Morgan fingerprint density at radius 1 is 0.566 bits per heavy atom. The van der Waals surface area contributed by atoms with E-state index in [4.69, 9.17) is 37.9 Å². The Balaban J connectivity index is 0.906. The van der Waals surface area contributed by atoms with Crippen molar-refractivity contribution in [2.75, 3.05) is 19.8 Å². The number of rotatable bonds is 11. The van der Waals surface area contributed by atoms with Crippen LogP contribution in [0.25, 0.3) is 0 Å². The monoisotopic (exact) mass is 1090 g/mol. The molecule has 5 aliphatic carbocycles. The molecular formula is C54H86O22. The molecule has 0 amide bonds. The topological polar surface area (TPSA) is 354 Å². The standard InChI is InChI=1S/C54H86O22/c1-23-32(57)35(60)39(64)45(70-23)75-43-27(21-56)72-44(42(67)38(43)63)69-22-28-34(59)37(62)41(66)47(73-28)76-48(68)54-17-15-49(2,3)19-25(54)24-9-10-30-51(6)13-12-31(74-46-40(65)36(61)33(58)26(20-55)71-46)50(4,5)29(51)11-14-53(30,8)52(24,7)16-18-54/h9-10,23,25-29,31-47,55-67H,11-22H2,1-8H3/t23-,25-,26-,27-,28-,29-,31-,32-,33-,34-,35+,36+,37+,38-,39-,40-,41-,42-,43-,44-,45+,46+,47+,51-,52-,53+,54+/m0/s1. The Kier molecular flexibility index (Phi) is 16.4. The Morgan fingerprint density at radius 3 is 1.79 bits per heavy atom. The molecule has 0 radical (unpaired) electrons. The lowest BCUT2D eigenvalue weighted by atomic mass is 9.36. The number of hydrogen-bond donors (Lipinski definition) is 13. The van der Waals surface area contributed by atoms with E-state index in [1.807, 2.05) is 0 Å². The van der Waals surface area contributed by atoms with Gasteiger partial charge in [0.15, 0.2) is 18.9 Å². The first kappa shape index (κ1) is 58.8. The van der Waals surface area contributed by atoms with Gasteiger partial charge < -0.3 is 104 Å². The van der Waals surface area contributed by atoms with E-state index in [1.54, 1.807) is 0 Å². The fourth-order valence-corrected chi connectivity index (χ4v) is 15.7. The largest absolute Gasteiger partial charge is 0.432 e. The number of aliphatic hydroxyl groups is 13. The van der Waals surface area contributed by atoms with E-state index in [2.05, 4.69) is 60.6 Å². The molecule has 0 aromatic heterocycles. The number of ether oxygens (including phenoxy) is 8.